The maximum absolute atomic E-state index is 12.3. The predicted octanol–water partition coefficient (Wildman–Crippen LogP) is 3.55. The van der Waals surface area contributed by atoms with E-state index in [2.05, 4.69) is 26.3 Å². The molecule has 0 spiro atoms. The van der Waals surface area contributed by atoms with E-state index in [0.29, 0.717) is 6.54 Å². The van der Waals surface area contributed by atoms with Gasteiger partial charge in [-0.15, -0.1) is 0 Å². The summed E-state index contributed by atoms with van der Waals surface area (Å²) in [5, 5.41) is 7.34. The van der Waals surface area contributed by atoms with E-state index >= 15 is 0 Å². The monoisotopic (exact) mass is 365 g/mol. The van der Waals surface area contributed by atoms with E-state index < -0.39 is 0 Å². The Balaban J connectivity index is 2.00. The predicted molar refractivity (Wildman–Crippen MR) is 90.2 cm³/mol. The van der Waals surface area contributed by atoms with E-state index in [-0.39, 0.29) is 11.8 Å². The van der Waals surface area contributed by atoms with Gasteiger partial charge in [0.25, 0.3) is 0 Å². The Morgan fingerprint density at radius 3 is 2.50 bits per heavy atom. The molecule has 2 aromatic rings. The van der Waals surface area contributed by atoms with Crippen LogP contribution in [0.5, 0.6) is 5.75 Å². The highest BCUT2D eigenvalue weighted by Gasteiger charge is 2.17. The summed E-state index contributed by atoms with van der Waals surface area (Å²) >= 11 is 3.50. The van der Waals surface area contributed by atoms with Crippen molar-refractivity contribution in [2.45, 2.75) is 27.3 Å². The number of methoxy groups -OCH3 is 1. The molecule has 0 bridgehead atoms. The van der Waals surface area contributed by atoms with Gasteiger partial charge in [0.15, 0.2) is 0 Å². The maximum Gasteiger partial charge on any atom is 0.229 e. The minimum atomic E-state index is -0.188. The second kappa shape index (κ2) is 6.96. The lowest BCUT2D eigenvalue weighted by atomic mass is 10.1. The van der Waals surface area contributed by atoms with Crippen molar-refractivity contribution in [1.82, 2.24) is 9.78 Å². The first kappa shape index (κ1) is 16.5. The molecule has 1 amide bonds. The number of amides is 1. The molecule has 0 saturated heterocycles. The Labute approximate surface area is 138 Å². The molecule has 1 atom stereocenters. The van der Waals surface area contributed by atoms with Gasteiger partial charge in [0.05, 0.1) is 29.7 Å². The van der Waals surface area contributed by atoms with Crippen LogP contribution in [0, 0.1) is 19.8 Å². The first-order chi connectivity index (χ1) is 10.4. The Kier molecular flexibility index (Phi) is 5.24. The van der Waals surface area contributed by atoms with Gasteiger partial charge in [0.2, 0.25) is 5.91 Å². The number of rotatable bonds is 5. The second-order valence-corrected chi connectivity index (χ2v) is 6.08. The molecule has 1 aromatic heterocycles. The van der Waals surface area contributed by atoms with Gasteiger partial charge in [-0.05, 0) is 54.0 Å². The molecule has 118 valence electrons. The largest absolute Gasteiger partial charge is 0.497 e. The summed E-state index contributed by atoms with van der Waals surface area (Å²) in [7, 11) is 1.61. The van der Waals surface area contributed by atoms with Crippen LogP contribution in [0.25, 0.3) is 0 Å². The molecule has 0 aliphatic rings. The highest BCUT2D eigenvalue weighted by atomic mass is 79.9. The third kappa shape index (κ3) is 3.68. The minimum absolute atomic E-state index is 0.0335. The van der Waals surface area contributed by atoms with E-state index in [1.54, 1.807) is 7.11 Å². The molecule has 6 heteroatoms. The topological polar surface area (TPSA) is 56.1 Å². The molecule has 22 heavy (non-hydrogen) atoms. The highest BCUT2D eigenvalue weighted by Crippen LogP contribution is 2.21. The quantitative estimate of drug-likeness (QED) is 0.881. The van der Waals surface area contributed by atoms with Crippen molar-refractivity contribution in [3.8, 4) is 5.75 Å². The molecular weight excluding hydrogens is 346 g/mol. The second-order valence-electron chi connectivity index (χ2n) is 5.29. The third-order valence-electron chi connectivity index (χ3n) is 3.55. The fourth-order valence-corrected chi connectivity index (χ4v) is 2.42. The van der Waals surface area contributed by atoms with Crippen molar-refractivity contribution < 1.29 is 9.53 Å². The molecule has 1 aromatic carbocycles. The van der Waals surface area contributed by atoms with Crippen LogP contribution in [0.15, 0.2) is 28.7 Å². The number of carbonyl (C=O) groups is 1. The number of nitrogens with one attached hydrogen (secondary N) is 1. The lowest BCUT2D eigenvalue weighted by Gasteiger charge is -2.13. The van der Waals surface area contributed by atoms with Gasteiger partial charge >= 0.3 is 0 Å². The smallest absolute Gasteiger partial charge is 0.229 e. The highest BCUT2D eigenvalue weighted by molar-refractivity contribution is 9.10. The van der Waals surface area contributed by atoms with Crippen molar-refractivity contribution in [3.05, 3.63) is 40.1 Å². The Morgan fingerprint density at radius 2 is 2.00 bits per heavy atom. The van der Waals surface area contributed by atoms with Gasteiger partial charge in [-0.2, -0.15) is 5.10 Å². The van der Waals surface area contributed by atoms with E-state index in [1.807, 2.05) is 49.7 Å². The molecule has 0 aliphatic heterocycles. The van der Waals surface area contributed by atoms with Gasteiger partial charge in [0.1, 0.15) is 5.75 Å². The number of hydrogen-bond donors (Lipinski definition) is 1. The van der Waals surface area contributed by atoms with Crippen molar-refractivity contribution in [2.75, 3.05) is 12.4 Å². The maximum atomic E-state index is 12.3. The molecule has 0 saturated carbocycles. The average molecular weight is 366 g/mol. The summed E-state index contributed by atoms with van der Waals surface area (Å²) in [4.78, 5) is 12.3. The van der Waals surface area contributed by atoms with Crippen LogP contribution >= 0.6 is 15.9 Å². The summed E-state index contributed by atoms with van der Waals surface area (Å²) in [6.45, 7) is 6.36. The molecule has 0 radical (unpaired) electrons. The standard InChI is InChI=1S/C16H20BrN3O2/c1-10(9-20-12(3)15(17)11(2)19-20)16(21)18-13-5-7-14(22-4)8-6-13/h5-8,10H,9H2,1-4H3,(H,18,21)/t10-/m1/s1. The normalized spacial score (nSPS) is 12.0. The number of aryl methyl sites for hydroxylation is 1. The van der Waals surface area contributed by atoms with Crippen LogP contribution in [0.4, 0.5) is 5.69 Å². The lowest BCUT2D eigenvalue weighted by Crippen LogP contribution is -2.25. The van der Waals surface area contributed by atoms with Gasteiger partial charge in [-0.1, -0.05) is 6.92 Å². The SMILES string of the molecule is COc1ccc(NC(=O)[C@H](C)Cn2nc(C)c(Br)c2C)cc1. The van der Waals surface area contributed by atoms with Gasteiger partial charge in [-0.25, -0.2) is 0 Å². The number of ether oxygens (including phenoxy) is 1. The Morgan fingerprint density at radius 1 is 1.36 bits per heavy atom. The number of hydrogen-bond acceptors (Lipinski definition) is 3. The summed E-state index contributed by atoms with van der Waals surface area (Å²) in [6, 6.07) is 7.28. The molecule has 1 N–H and O–H groups in total. The zero-order valence-corrected chi connectivity index (χ0v) is 14.8. The van der Waals surface area contributed by atoms with Crippen LogP contribution in [0.3, 0.4) is 0 Å². The summed E-state index contributed by atoms with van der Waals surface area (Å²) in [5.41, 5.74) is 2.72. The summed E-state index contributed by atoms with van der Waals surface area (Å²) in [6.07, 6.45) is 0. The lowest BCUT2D eigenvalue weighted by molar-refractivity contribution is -0.119. The zero-order valence-electron chi connectivity index (χ0n) is 13.2. The average Bonchev–Trinajstić information content (AvgIpc) is 2.75. The zero-order chi connectivity index (χ0) is 16.3. The van der Waals surface area contributed by atoms with Crippen molar-refractivity contribution in [1.29, 1.82) is 0 Å². The van der Waals surface area contributed by atoms with Gasteiger partial charge in [-0.3, -0.25) is 9.48 Å². The number of aromatic nitrogens is 2. The van der Waals surface area contributed by atoms with Crippen LogP contribution in [0.2, 0.25) is 0 Å². The van der Waals surface area contributed by atoms with Crippen LogP contribution < -0.4 is 10.1 Å². The number of halogens is 1. The van der Waals surface area contributed by atoms with Crippen molar-refractivity contribution in [3.63, 3.8) is 0 Å². The first-order valence-corrected chi connectivity index (χ1v) is 7.86. The minimum Gasteiger partial charge on any atom is -0.497 e. The summed E-state index contributed by atoms with van der Waals surface area (Å²) < 4.78 is 7.95. The van der Waals surface area contributed by atoms with E-state index in [4.69, 9.17) is 4.74 Å². The molecule has 0 fully saturated rings. The molecule has 0 aliphatic carbocycles. The van der Waals surface area contributed by atoms with Gasteiger partial charge in [0, 0.05) is 11.4 Å². The van der Waals surface area contributed by atoms with Crippen molar-refractivity contribution >= 4 is 27.5 Å². The number of benzene rings is 1. The van der Waals surface area contributed by atoms with Crippen LogP contribution in [0.1, 0.15) is 18.3 Å². The Bertz CT molecular complexity index is 665. The van der Waals surface area contributed by atoms with E-state index in [0.717, 1.165) is 27.3 Å². The summed E-state index contributed by atoms with van der Waals surface area (Å²) in [5.74, 6) is 0.541. The van der Waals surface area contributed by atoms with Crippen LogP contribution in [-0.2, 0) is 11.3 Å². The first-order valence-electron chi connectivity index (χ1n) is 7.06. The number of carbonyl (C=O) groups excluding carboxylic acids is 1. The number of nitrogens with zero attached hydrogens (tertiary/aromatic N) is 2. The molecule has 1 heterocycles. The fraction of sp³-hybridized carbons (Fsp3) is 0.375. The van der Waals surface area contributed by atoms with E-state index in [1.165, 1.54) is 0 Å². The van der Waals surface area contributed by atoms with Crippen LogP contribution in [-0.4, -0.2) is 22.8 Å². The Hall–Kier alpha value is -1.82. The fourth-order valence-electron chi connectivity index (χ4n) is 2.13. The molecule has 2 rings (SSSR count). The molecule has 5 nitrogen and oxygen atoms in total. The van der Waals surface area contributed by atoms with Crippen molar-refractivity contribution in [2.24, 2.45) is 5.92 Å². The van der Waals surface area contributed by atoms with E-state index in [9.17, 15) is 4.79 Å². The molecular formula is C16H20BrN3O2. The third-order valence-corrected chi connectivity index (χ3v) is 4.69. The van der Waals surface area contributed by atoms with Gasteiger partial charge < -0.3 is 10.1 Å². The number of anilines is 1. The molecule has 0 unspecified atom stereocenters.